The van der Waals surface area contributed by atoms with Crippen molar-refractivity contribution in [2.75, 3.05) is 13.7 Å². The van der Waals surface area contributed by atoms with Crippen LogP contribution >= 0.6 is 0 Å². The van der Waals surface area contributed by atoms with Crippen LogP contribution in [0.1, 0.15) is 47.2 Å². The van der Waals surface area contributed by atoms with Gasteiger partial charge < -0.3 is 14.8 Å². The molecule has 2 rings (SSSR count). The van der Waals surface area contributed by atoms with E-state index in [2.05, 4.69) is 10.1 Å². The molecule has 0 unspecified atom stereocenters. The molecule has 1 heterocycles. The maximum absolute atomic E-state index is 12.0. The lowest BCUT2D eigenvalue weighted by Gasteiger charge is -2.06. The summed E-state index contributed by atoms with van der Waals surface area (Å²) >= 11 is 0. The molecule has 0 saturated carbocycles. The van der Waals surface area contributed by atoms with Gasteiger partial charge >= 0.3 is 5.97 Å². The zero-order chi connectivity index (χ0) is 15.1. The van der Waals surface area contributed by atoms with Gasteiger partial charge in [-0.05, 0) is 36.1 Å². The summed E-state index contributed by atoms with van der Waals surface area (Å²) in [6, 6.07) is 5.68. The molecule has 1 aliphatic heterocycles. The highest BCUT2D eigenvalue weighted by Gasteiger charge is 2.13. The first-order valence-electron chi connectivity index (χ1n) is 7.25. The van der Waals surface area contributed by atoms with Crippen molar-refractivity contribution in [2.45, 2.75) is 38.9 Å². The van der Waals surface area contributed by atoms with E-state index in [0.717, 1.165) is 30.4 Å². The Morgan fingerprint density at radius 2 is 2.00 bits per heavy atom. The Morgan fingerprint density at radius 1 is 1.19 bits per heavy atom. The number of esters is 1. The fourth-order valence-corrected chi connectivity index (χ4v) is 2.29. The number of hydrogen-bond acceptors (Lipinski definition) is 4. The molecule has 1 aliphatic rings. The Morgan fingerprint density at radius 3 is 2.81 bits per heavy atom. The number of nitrogens with one attached hydrogen (secondary N) is 1. The fraction of sp³-hybridized carbons (Fsp3) is 0.500. The molecule has 114 valence electrons. The standard InChI is InChI=1S/C16H21NO4/c1-20-15(18)5-3-2-4-8-17-16(19)12-6-7-13-10-21-11-14(13)9-12/h6-7,9H,2-5,8,10-11H2,1H3,(H,17,19). The second-order valence-electron chi connectivity index (χ2n) is 5.12. The molecule has 0 atom stereocenters. The van der Waals surface area contributed by atoms with E-state index in [0.29, 0.717) is 31.7 Å². The van der Waals surface area contributed by atoms with Gasteiger partial charge in [0.1, 0.15) is 0 Å². The molecule has 0 bridgehead atoms. The quantitative estimate of drug-likeness (QED) is 0.618. The van der Waals surface area contributed by atoms with Crippen LogP contribution in [0.4, 0.5) is 0 Å². The molecular weight excluding hydrogens is 270 g/mol. The third kappa shape index (κ3) is 4.56. The van der Waals surface area contributed by atoms with Gasteiger partial charge in [-0.25, -0.2) is 0 Å². The van der Waals surface area contributed by atoms with Gasteiger partial charge in [0, 0.05) is 18.5 Å². The van der Waals surface area contributed by atoms with Gasteiger partial charge in [0.2, 0.25) is 0 Å². The van der Waals surface area contributed by atoms with Crippen LogP contribution in [0.3, 0.4) is 0 Å². The first-order valence-corrected chi connectivity index (χ1v) is 7.25. The highest BCUT2D eigenvalue weighted by molar-refractivity contribution is 5.94. The summed E-state index contributed by atoms with van der Waals surface area (Å²) in [7, 11) is 1.39. The van der Waals surface area contributed by atoms with E-state index in [1.54, 1.807) is 0 Å². The lowest BCUT2D eigenvalue weighted by Crippen LogP contribution is -2.24. The molecule has 1 N–H and O–H groups in total. The van der Waals surface area contributed by atoms with Crippen molar-refractivity contribution in [2.24, 2.45) is 0 Å². The molecule has 5 nitrogen and oxygen atoms in total. The van der Waals surface area contributed by atoms with Gasteiger partial charge in [-0.3, -0.25) is 9.59 Å². The van der Waals surface area contributed by atoms with Gasteiger partial charge in [-0.15, -0.1) is 0 Å². The van der Waals surface area contributed by atoms with Crippen molar-refractivity contribution in [1.29, 1.82) is 0 Å². The molecule has 21 heavy (non-hydrogen) atoms. The van der Waals surface area contributed by atoms with Crippen LogP contribution in [0.5, 0.6) is 0 Å². The fourth-order valence-electron chi connectivity index (χ4n) is 2.29. The van der Waals surface area contributed by atoms with Crippen molar-refractivity contribution < 1.29 is 19.1 Å². The average molecular weight is 291 g/mol. The molecular formula is C16H21NO4. The van der Waals surface area contributed by atoms with Crippen molar-refractivity contribution >= 4 is 11.9 Å². The van der Waals surface area contributed by atoms with Gasteiger partial charge in [-0.1, -0.05) is 12.5 Å². The molecule has 0 radical (unpaired) electrons. The number of carbonyl (C=O) groups is 2. The van der Waals surface area contributed by atoms with E-state index in [1.807, 2.05) is 18.2 Å². The number of ether oxygens (including phenoxy) is 2. The highest BCUT2D eigenvalue weighted by Crippen LogP contribution is 2.20. The molecule has 0 aromatic heterocycles. The minimum absolute atomic E-state index is 0.0577. The Kier molecular flexibility index (Phi) is 5.75. The average Bonchev–Trinajstić information content (AvgIpc) is 2.97. The zero-order valence-corrected chi connectivity index (χ0v) is 12.3. The van der Waals surface area contributed by atoms with Crippen LogP contribution in [0.25, 0.3) is 0 Å². The van der Waals surface area contributed by atoms with E-state index in [4.69, 9.17) is 4.74 Å². The van der Waals surface area contributed by atoms with Crippen LogP contribution in [0.15, 0.2) is 18.2 Å². The first-order chi connectivity index (χ1) is 10.2. The van der Waals surface area contributed by atoms with Gasteiger partial charge in [0.25, 0.3) is 5.91 Å². The van der Waals surface area contributed by atoms with E-state index in [1.165, 1.54) is 7.11 Å². The largest absolute Gasteiger partial charge is 0.469 e. The summed E-state index contributed by atoms with van der Waals surface area (Å²) in [6.45, 7) is 1.84. The minimum atomic E-state index is -0.181. The molecule has 0 spiro atoms. The van der Waals surface area contributed by atoms with E-state index in [9.17, 15) is 9.59 Å². The van der Waals surface area contributed by atoms with E-state index < -0.39 is 0 Å². The SMILES string of the molecule is COC(=O)CCCCCNC(=O)c1ccc2c(c1)COC2. The number of carbonyl (C=O) groups excluding carboxylic acids is 2. The monoisotopic (exact) mass is 291 g/mol. The summed E-state index contributed by atoms with van der Waals surface area (Å²) in [4.78, 5) is 22.9. The van der Waals surface area contributed by atoms with Gasteiger partial charge in [0.15, 0.2) is 0 Å². The smallest absolute Gasteiger partial charge is 0.305 e. The number of fused-ring (bicyclic) bond motifs is 1. The van der Waals surface area contributed by atoms with E-state index >= 15 is 0 Å². The summed E-state index contributed by atoms with van der Waals surface area (Å²) < 4.78 is 9.90. The van der Waals surface area contributed by atoms with Crippen molar-refractivity contribution in [1.82, 2.24) is 5.32 Å². The minimum Gasteiger partial charge on any atom is -0.469 e. The predicted molar refractivity (Wildman–Crippen MR) is 77.8 cm³/mol. The number of methoxy groups -OCH3 is 1. The molecule has 0 fully saturated rings. The number of amides is 1. The van der Waals surface area contributed by atoms with Crippen molar-refractivity contribution in [3.8, 4) is 0 Å². The van der Waals surface area contributed by atoms with Gasteiger partial charge in [0.05, 0.1) is 20.3 Å². The van der Waals surface area contributed by atoms with Crippen molar-refractivity contribution in [3.05, 3.63) is 34.9 Å². The summed E-state index contributed by atoms with van der Waals surface area (Å²) in [6.07, 6.45) is 2.98. The summed E-state index contributed by atoms with van der Waals surface area (Å²) in [5.74, 6) is -0.239. The Labute approximate surface area is 124 Å². The number of rotatable bonds is 7. The maximum Gasteiger partial charge on any atom is 0.305 e. The van der Waals surface area contributed by atoms with Crippen LogP contribution in [-0.4, -0.2) is 25.5 Å². The number of benzene rings is 1. The zero-order valence-electron chi connectivity index (χ0n) is 12.3. The summed E-state index contributed by atoms with van der Waals surface area (Å²) in [5.41, 5.74) is 2.93. The normalized spacial score (nSPS) is 12.8. The van der Waals surface area contributed by atoms with Gasteiger partial charge in [-0.2, -0.15) is 0 Å². The van der Waals surface area contributed by atoms with Crippen LogP contribution in [0.2, 0.25) is 0 Å². The van der Waals surface area contributed by atoms with Crippen LogP contribution < -0.4 is 5.32 Å². The van der Waals surface area contributed by atoms with Crippen LogP contribution in [-0.2, 0) is 27.5 Å². The maximum atomic E-state index is 12.0. The second-order valence-corrected chi connectivity index (χ2v) is 5.12. The third-order valence-corrected chi connectivity index (χ3v) is 3.55. The Balaban J connectivity index is 1.67. The molecule has 1 aromatic carbocycles. The predicted octanol–water partition coefficient (Wildman–Crippen LogP) is 2.18. The second kappa shape index (κ2) is 7.78. The van der Waals surface area contributed by atoms with Crippen molar-refractivity contribution in [3.63, 3.8) is 0 Å². The topological polar surface area (TPSA) is 64.6 Å². The summed E-state index contributed by atoms with van der Waals surface area (Å²) in [5, 5.41) is 2.90. The van der Waals surface area contributed by atoms with Crippen LogP contribution in [0, 0.1) is 0 Å². The first kappa shape index (κ1) is 15.5. The molecule has 5 heteroatoms. The molecule has 1 aromatic rings. The van der Waals surface area contributed by atoms with E-state index in [-0.39, 0.29) is 11.9 Å². The third-order valence-electron chi connectivity index (χ3n) is 3.55. The molecule has 0 aliphatic carbocycles. The lowest BCUT2D eigenvalue weighted by atomic mass is 10.1. The molecule has 0 saturated heterocycles. The number of hydrogen-bond donors (Lipinski definition) is 1. The highest BCUT2D eigenvalue weighted by atomic mass is 16.5. The lowest BCUT2D eigenvalue weighted by molar-refractivity contribution is -0.140. The number of unbranched alkanes of at least 4 members (excludes halogenated alkanes) is 2. The Hall–Kier alpha value is -1.88. The molecule has 1 amide bonds. The Bertz CT molecular complexity index is 513.